The molecule has 6 rings (SSSR count). The van der Waals surface area contributed by atoms with Gasteiger partial charge in [-0.15, -0.1) is 0 Å². The number of hydrogen-bond acceptors (Lipinski definition) is 6. The molecule has 4 aromatic rings. The van der Waals surface area contributed by atoms with Gasteiger partial charge in [0, 0.05) is 50.5 Å². The Balaban J connectivity index is 1.24. The van der Waals surface area contributed by atoms with Crippen LogP contribution in [0.4, 0.5) is 17.1 Å². The molecule has 2 aliphatic rings. The first-order valence-corrected chi connectivity index (χ1v) is 13.6. The Labute approximate surface area is 237 Å². The molecule has 2 N–H and O–H groups in total. The minimum atomic E-state index is -0.996. The second-order valence-corrected chi connectivity index (χ2v) is 10.4. The average molecular weight is 551 g/mol. The van der Waals surface area contributed by atoms with Crippen LogP contribution in [-0.4, -0.2) is 54.0 Å². The summed E-state index contributed by atoms with van der Waals surface area (Å²) < 4.78 is 5.30. The van der Waals surface area contributed by atoms with Crippen LogP contribution < -0.4 is 15.1 Å². The third kappa shape index (κ3) is 5.26. The van der Waals surface area contributed by atoms with Gasteiger partial charge in [-0.05, 0) is 72.1 Å². The maximum atomic E-state index is 13.6. The molecule has 1 fully saturated rings. The first-order chi connectivity index (χ1) is 19.9. The van der Waals surface area contributed by atoms with Crippen molar-refractivity contribution in [2.75, 3.05) is 41.3 Å². The van der Waals surface area contributed by atoms with Crippen molar-refractivity contribution >= 4 is 34.8 Å². The smallest absolute Gasteiger partial charge is 0.335 e. The number of rotatable bonds is 6. The maximum Gasteiger partial charge on any atom is 0.335 e. The molecule has 3 aromatic carbocycles. The summed E-state index contributed by atoms with van der Waals surface area (Å²) in [5, 5.41) is 12.3. The predicted octanol–water partition coefficient (Wildman–Crippen LogP) is 5.02. The van der Waals surface area contributed by atoms with E-state index < -0.39 is 11.9 Å². The van der Waals surface area contributed by atoms with Crippen molar-refractivity contribution in [2.24, 2.45) is 0 Å². The molecular weight excluding hydrogens is 520 g/mol. The van der Waals surface area contributed by atoms with Crippen molar-refractivity contribution in [1.82, 2.24) is 4.90 Å². The third-order valence-electron chi connectivity index (χ3n) is 7.78. The lowest BCUT2D eigenvalue weighted by Gasteiger charge is -2.38. The summed E-state index contributed by atoms with van der Waals surface area (Å²) in [7, 11) is 0. The van der Waals surface area contributed by atoms with Crippen molar-refractivity contribution in [1.29, 1.82) is 0 Å². The van der Waals surface area contributed by atoms with E-state index in [0.29, 0.717) is 24.3 Å². The minimum Gasteiger partial charge on any atom is -0.478 e. The number of hydrogen-bond donors (Lipinski definition) is 2. The summed E-state index contributed by atoms with van der Waals surface area (Å²) in [6.07, 6.45) is 1.45. The zero-order valence-electron chi connectivity index (χ0n) is 22.7. The molecule has 0 radical (unpaired) electrons. The van der Waals surface area contributed by atoms with Crippen LogP contribution in [0, 0.1) is 6.92 Å². The Kier molecular flexibility index (Phi) is 6.93. The van der Waals surface area contributed by atoms with Crippen molar-refractivity contribution in [3.8, 4) is 0 Å². The normalized spacial score (nSPS) is 14.6. The Morgan fingerprint density at radius 3 is 2.20 bits per heavy atom. The van der Waals surface area contributed by atoms with E-state index in [1.807, 2.05) is 12.1 Å². The number of benzene rings is 3. The largest absolute Gasteiger partial charge is 0.478 e. The van der Waals surface area contributed by atoms with Gasteiger partial charge < -0.3 is 29.5 Å². The van der Waals surface area contributed by atoms with Crippen LogP contribution in [-0.2, 0) is 13.1 Å². The van der Waals surface area contributed by atoms with Crippen LogP contribution in [0.3, 0.4) is 0 Å². The van der Waals surface area contributed by atoms with E-state index in [1.54, 1.807) is 47.4 Å². The van der Waals surface area contributed by atoms with Gasteiger partial charge in [-0.3, -0.25) is 9.59 Å². The highest BCUT2D eigenvalue weighted by molar-refractivity contribution is 6.05. The van der Waals surface area contributed by atoms with E-state index >= 15 is 0 Å². The van der Waals surface area contributed by atoms with Gasteiger partial charge in [0.2, 0.25) is 0 Å². The highest BCUT2D eigenvalue weighted by Crippen LogP contribution is 2.32. The SMILES string of the molecule is Cc1ccccc1N1CCN(c2ccc(C(=O)N3Cc4ccc(C(=O)O)cc4C3)cc2NC(=O)c2ccco2)CC1. The first-order valence-electron chi connectivity index (χ1n) is 13.6. The number of carbonyl (C=O) groups is 3. The molecule has 1 saturated heterocycles. The van der Waals surface area contributed by atoms with E-state index in [0.717, 1.165) is 43.0 Å². The molecule has 9 heteroatoms. The lowest BCUT2D eigenvalue weighted by Crippen LogP contribution is -2.47. The third-order valence-corrected chi connectivity index (χ3v) is 7.78. The molecule has 0 saturated carbocycles. The van der Waals surface area contributed by atoms with Crippen molar-refractivity contribution in [3.05, 3.63) is 113 Å². The molecule has 208 valence electrons. The van der Waals surface area contributed by atoms with Crippen molar-refractivity contribution in [2.45, 2.75) is 20.0 Å². The lowest BCUT2D eigenvalue weighted by atomic mass is 10.1. The molecule has 2 amide bonds. The van der Waals surface area contributed by atoms with Crippen LogP contribution in [0.5, 0.6) is 0 Å². The molecule has 9 nitrogen and oxygen atoms in total. The summed E-state index contributed by atoms with van der Waals surface area (Å²) in [6.45, 7) is 5.97. The molecule has 1 aromatic heterocycles. The number of fused-ring (bicyclic) bond motifs is 1. The summed E-state index contributed by atoms with van der Waals surface area (Å²) in [5.41, 5.74) is 6.22. The summed E-state index contributed by atoms with van der Waals surface area (Å²) >= 11 is 0. The highest BCUT2D eigenvalue weighted by Gasteiger charge is 2.27. The fraction of sp³-hybridized carbons (Fsp3) is 0.219. The quantitative estimate of drug-likeness (QED) is 0.347. The van der Waals surface area contributed by atoms with E-state index in [-0.39, 0.29) is 17.2 Å². The Bertz CT molecular complexity index is 1620. The molecule has 0 aliphatic carbocycles. The molecule has 3 heterocycles. The van der Waals surface area contributed by atoms with E-state index in [4.69, 9.17) is 4.42 Å². The van der Waals surface area contributed by atoms with Gasteiger partial charge in [0.15, 0.2) is 5.76 Å². The van der Waals surface area contributed by atoms with Gasteiger partial charge in [-0.25, -0.2) is 4.79 Å². The second kappa shape index (κ2) is 10.8. The summed E-state index contributed by atoms with van der Waals surface area (Å²) in [4.78, 5) is 44.2. The zero-order chi connectivity index (χ0) is 28.5. The number of piperazine rings is 1. The topological polar surface area (TPSA) is 106 Å². The number of nitrogens with zero attached hydrogens (tertiary/aromatic N) is 3. The number of carboxylic acids is 1. The molecule has 0 spiro atoms. The average Bonchev–Trinajstić information content (AvgIpc) is 3.68. The van der Waals surface area contributed by atoms with Gasteiger partial charge in [0.05, 0.1) is 23.2 Å². The van der Waals surface area contributed by atoms with Crippen LogP contribution in [0.2, 0.25) is 0 Å². The molecular formula is C32H30N4O5. The van der Waals surface area contributed by atoms with Crippen LogP contribution >= 0.6 is 0 Å². The fourth-order valence-corrected chi connectivity index (χ4v) is 5.60. The van der Waals surface area contributed by atoms with E-state index in [1.165, 1.54) is 17.5 Å². The van der Waals surface area contributed by atoms with Gasteiger partial charge >= 0.3 is 5.97 Å². The number of carbonyl (C=O) groups excluding carboxylic acids is 2. The van der Waals surface area contributed by atoms with Crippen molar-refractivity contribution in [3.63, 3.8) is 0 Å². The Hall–Kier alpha value is -5.05. The molecule has 0 atom stereocenters. The van der Waals surface area contributed by atoms with Gasteiger partial charge in [-0.2, -0.15) is 0 Å². The fourth-order valence-electron chi connectivity index (χ4n) is 5.60. The summed E-state index contributed by atoms with van der Waals surface area (Å²) in [6, 6.07) is 21.9. The maximum absolute atomic E-state index is 13.6. The monoisotopic (exact) mass is 550 g/mol. The van der Waals surface area contributed by atoms with E-state index in [2.05, 4.69) is 40.2 Å². The van der Waals surface area contributed by atoms with Crippen molar-refractivity contribution < 1.29 is 23.9 Å². The second-order valence-electron chi connectivity index (χ2n) is 10.4. The van der Waals surface area contributed by atoms with Gasteiger partial charge in [0.25, 0.3) is 11.8 Å². The van der Waals surface area contributed by atoms with Gasteiger partial charge in [-0.1, -0.05) is 24.3 Å². The predicted molar refractivity (Wildman–Crippen MR) is 156 cm³/mol. The lowest BCUT2D eigenvalue weighted by molar-refractivity contribution is 0.0696. The number of amides is 2. The van der Waals surface area contributed by atoms with Crippen LogP contribution in [0.25, 0.3) is 0 Å². The Morgan fingerprint density at radius 1 is 0.780 bits per heavy atom. The van der Waals surface area contributed by atoms with Crippen LogP contribution in [0.1, 0.15) is 48.0 Å². The molecule has 0 bridgehead atoms. The standard InChI is InChI=1S/C32H30N4O5/c1-21-5-2-3-6-27(21)34-12-14-35(15-13-34)28-11-10-22(18-26(28)33-30(37)29-7-4-16-41-29)31(38)36-19-24-9-8-23(32(39)40)17-25(24)20-36/h2-11,16-18H,12-15,19-20H2,1H3,(H,33,37)(H,39,40). The van der Waals surface area contributed by atoms with E-state index in [9.17, 15) is 19.5 Å². The molecule has 41 heavy (non-hydrogen) atoms. The van der Waals surface area contributed by atoms with Gasteiger partial charge in [0.1, 0.15) is 0 Å². The summed E-state index contributed by atoms with van der Waals surface area (Å²) in [5.74, 6) is -1.40. The molecule has 0 unspecified atom stereocenters. The number of para-hydroxylation sites is 1. The molecule has 2 aliphatic heterocycles. The Morgan fingerprint density at radius 2 is 1.49 bits per heavy atom. The first kappa shape index (κ1) is 26.2. The zero-order valence-corrected chi connectivity index (χ0v) is 22.7. The number of anilines is 3. The number of nitrogens with one attached hydrogen (secondary N) is 1. The van der Waals surface area contributed by atoms with Crippen LogP contribution in [0.15, 0.2) is 83.5 Å². The number of furan rings is 1. The number of aryl methyl sites for hydroxylation is 1. The highest BCUT2D eigenvalue weighted by atomic mass is 16.4. The number of carboxylic acid groups (broad SMARTS) is 1. The minimum absolute atomic E-state index is 0.182. The number of aromatic carboxylic acids is 1.